The number of carbonyl (C=O) groups is 1. The number of carbonyl (C=O) groups excluding carboxylic acids is 1. The highest BCUT2D eigenvalue weighted by molar-refractivity contribution is 6.34. The fourth-order valence-corrected chi connectivity index (χ4v) is 2.07. The van der Waals surface area contributed by atoms with E-state index in [1.165, 1.54) is 6.92 Å². The number of rotatable bonds is 2. The lowest BCUT2D eigenvalue weighted by Crippen LogP contribution is -1.94. The number of Topliss-reactive ketones (excluding diaryl/α,β-unsaturated/α-hetero) is 1. The van der Waals surface area contributed by atoms with Crippen molar-refractivity contribution >= 4 is 17.4 Å². The fourth-order valence-electron chi connectivity index (χ4n) is 1.76. The Bertz CT molecular complexity index is 578. The number of hydrogen-bond donors (Lipinski definition) is 0. The number of ketones is 1. The van der Waals surface area contributed by atoms with Gasteiger partial charge in [0.1, 0.15) is 0 Å². The number of nitrogens with zero attached hydrogens (tertiary/aromatic N) is 1. The number of hydrogen-bond acceptors (Lipinski definition) is 2. The minimum absolute atomic E-state index is 0.0236. The second kappa shape index (κ2) is 4.68. The molecule has 0 atom stereocenters. The maximum atomic E-state index is 11.3. The first kappa shape index (κ1) is 11.8. The standard InChI is InChI=1S/C14H12ClNO/c1-9-12(4-3-7-16-9)11-5-6-13(10(2)17)14(15)8-11/h3-8H,1-2H3. The minimum atomic E-state index is -0.0236. The number of pyridine rings is 1. The van der Waals surface area contributed by atoms with Crippen LogP contribution in [0.1, 0.15) is 23.0 Å². The fraction of sp³-hybridized carbons (Fsp3) is 0.143. The van der Waals surface area contributed by atoms with Gasteiger partial charge in [-0.2, -0.15) is 0 Å². The average Bonchev–Trinajstić information content (AvgIpc) is 2.29. The summed E-state index contributed by atoms with van der Waals surface area (Å²) in [5.74, 6) is -0.0236. The van der Waals surface area contributed by atoms with Crippen molar-refractivity contribution in [2.24, 2.45) is 0 Å². The molecule has 0 N–H and O–H groups in total. The molecule has 0 aliphatic heterocycles. The van der Waals surface area contributed by atoms with E-state index >= 15 is 0 Å². The average molecular weight is 246 g/mol. The summed E-state index contributed by atoms with van der Waals surface area (Å²) in [6.45, 7) is 3.46. The molecule has 0 spiro atoms. The van der Waals surface area contributed by atoms with Crippen molar-refractivity contribution in [2.75, 3.05) is 0 Å². The Morgan fingerprint density at radius 3 is 2.65 bits per heavy atom. The second-order valence-electron chi connectivity index (χ2n) is 3.89. The Hall–Kier alpha value is -1.67. The minimum Gasteiger partial charge on any atom is -0.294 e. The van der Waals surface area contributed by atoms with Gasteiger partial charge in [0, 0.05) is 23.0 Å². The van der Waals surface area contributed by atoms with Crippen LogP contribution in [0.4, 0.5) is 0 Å². The number of halogens is 1. The summed E-state index contributed by atoms with van der Waals surface area (Å²) in [4.78, 5) is 15.5. The van der Waals surface area contributed by atoms with E-state index in [4.69, 9.17) is 11.6 Å². The molecule has 3 heteroatoms. The van der Waals surface area contributed by atoms with Crippen LogP contribution in [0.2, 0.25) is 5.02 Å². The second-order valence-corrected chi connectivity index (χ2v) is 4.29. The first-order valence-electron chi connectivity index (χ1n) is 5.32. The summed E-state index contributed by atoms with van der Waals surface area (Å²) in [6.07, 6.45) is 1.75. The topological polar surface area (TPSA) is 30.0 Å². The first-order valence-corrected chi connectivity index (χ1v) is 5.70. The van der Waals surface area contributed by atoms with Crippen LogP contribution in [0.5, 0.6) is 0 Å². The van der Waals surface area contributed by atoms with Gasteiger partial charge in [0.05, 0.1) is 5.02 Å². The zero-order valence-electron chi connectivity index (χ0n) is 9.70. The van der Waals surface area contributed by atoms with Crippen LogP contribution in [0, 0.1) is 6.92 Å². The molecule has 2 rings (SSSR count). The molecule has 2 aromatic rings. The summed E-state index contributed by atoms with van der Waals surface area (Å²) in [7, 11) is 0. The van der Waals surface area contributed by atoms with E-state index in [2.05, 4.69) is 4.98 Å². The molecule has 0 unspecified atom stereocenters. The lowest BCUT2D eigenvalue weighted by Gasteiger charge is -2.07. The molecule has 17 heavy (non-hydrogen) atoms. The summed E-state index contributed by atoms with van der Waals surface area (Å²) in [5, 5.41) is 0.484. The third-order valence-electron chi connectivity index (χ3n) is 2.67. The van der Waals surface area contributed by atoms with Crippen LogP contribution < -0.4 is 0 Å². The van der Waals surface area contributed by atoms with E-state index in [9.17, 15) is 4.79 Å². The van der Waals surface area contributed by atoms with Crippen LogP contribution in [-0.2, 0) is 0 Å². The van der Waals surface area contributed by atoms with Crippen molar-refractivity contribution in [1.29, 1.82) is 0 Å². The van der Waals surface area contributed by atoms with Gasteiger partial charge in [-0.3, -0.25) is 9.78 Å². The van der Waals surface area contributed by atoms with Crippen molar-refractivity contribution in [2.45, 2.75) is 13.8 Å². The molecular formula is C14H12ClNO. The lowest BCUT2D eigenvalue weighted by atomic mass is 10.0. The molecule has 0 aliphatic rings. The molecule has 0 amide bonds. The van der Waals surface area contributed by atoms with E-state index in [1.807, 2.05) is 31.2 Å². The van der Waals surface area contributed by atoms with Gasteiger partial charge < -0.3 is 0 Å². The molecular weight excluding hydrogens is 234 g/mol. The third kappa shape index (κ3) is 2.37. The predicted molar refractivity (Wildman–Crippen MR) is 69.4 cm³/mol. The van der Waals surface area contributed by atoms with Crippen molar-refractivity contribution in [1.82, 2.24) is 4.98 Å². The van der Waals surface area contributed by atoms with Gasteiger partial charge in [-0.25, -0.2) is 0 Å². The summed E-state index contributed by atoms with van der Waals surface area (Å²) < 4.78 is 0. The van der Waals surface area contributed by atoms with Gasteiger partial charge in [0.25, 0.3) is 0 Å². The Morgan fingerprint density at radius 1 is 1.29 bits per heavy atom. The van der Waals surface area contributed by atoms with Crippen LogP contribution in [-0.4, -0.2) is 10.8 Å². The highest BCUT2D eigenvalue weighted by Crippen LogP contribution is 2.27. The maximum Gasteiger partial charge on any atom is 0.161 e. The van der Waals surface area contributed by atoms with Gasteiger partial charge in [0.15, 0.2) is 5.78 Å². The third-order valence-corrected chi connectivity index (χ3v) is 2.98. The molecule has 0 saturated heterocycles. The molecule has 0 fully saturated rings. The normalized spacial score (nSPS) is 10.3. The number of benzene rings is 1. The van der Waals surface area contributed by atoms with Gasteiger partial charge in [-0.05, 0) is 37.6 Å². The highest BCUT2D eigenvalue weighted by atomic mass is 35.5. The van der Waals surface area contributed by atoms with Crippen molar-refractivity contribution in [3.63, 3.8) is 0 Å². The van der Waals surface area contributed by atoms with Gasteiger partial charge >= 0.3 is 0 Å². The van der Waals surface area contributed by atoms with Crippen LogP contribution >= 0.6 is 11.6 Å². The Morgan fingerprint density at radius 2 is 2.06 bits per heavy atom. The first-order chi connectivity index (χ1) is 8.09. The zero-order chi connectivity index (χ0) is 12.4. The predicted octanol–water partition coefficient (Wildman–Crippen LogP) is 3.91. The summed E-state index contributed by atoms with van der Waals surface area (Å²) >= 11 is 6.09. The van der Waals surface area contributed by atoms with E-state index in [1.54, 1.807) is 12.3 Å². The van der Waals surface area contributed by atoms with Crippen molar-refractivity contribution in [3.8, 4) is 11.1 Å². The Labute approximate surface area is 105 Å². The van der Waals surface area contributed by atoms with Crippen molar-refractivity contribution in [3.05, 3.63) is 52.8 Å². The summed E-state index contributed by atoms with van der Waals surface area (Å²) in [5.41, 5.74) is 3.51. The smallest absolute Gasteiger partial charge is 0.161 e. The molecule has 1 heterocycles. The molecule has 1 aromatic heterocycles. The van der Waals surface area contributed by atoms with Gasteiger partial charge in [-0.1, -0.05) is 23.7 Å². The zero-order valence-corrected chi connectivity index (χ0v) is 10.5. The Kier molecular flexibility index (Phi) is 3.25. The molecule has 2 nitrogen and oxygen atoms in total. The quantitative estimate of drug-likeness (QED) is 0.751. The summed E-state index contributed by atoms with van der Waals surface area (Å²) in [6, 6.07) is 9.33. The van der Waals surface area contributed by atoms with Crippen LogP contribution in [0.3, 0.4) is 0 Å². The number of aromatic nitrogens is 1. The lowest BCUT2D eigenvalue weighted by molar-refractivity contribution is 0.101. The number of aryl methyl sites for hydroxylation is 1. The molecule has 86 valence electrons. The SMILES string of the molecule is CC(=O)c1ccc(-c2cccnc2C)cc1Cl. The van der Waals surface area contributed by atoms with Crippen molar-refractivity contribution < 1.29 is 4.79 Å². The van der Waals surface area contributed by atoms with Crippen LogP contribution in [0.25, 0.3) is 11.1 Å². The van der Waals surface area contributed by atoms with Gasteiger partial charge in [0.2, 0.25) is 0 Å². The monoisotopic (exact) mass is 245 g/mol. The maximum absolute atomic E-state index is 11.3. The van der Waals surface area contributed by atoms with E-state index in [0.717, 1.165) is 16.8 Å². The highest BCUT2D eigenvalue weighted by Gasteiger charge is 2.08. The molecule has 1 aromatic carbocycles. The molecule has 0 saturated carbocycles. The van der Waals surface area contributed by atoms with E-state index in [-0.39, 0.29) is 5.78 Å². The van der Waals surface area contributed by atoms with Gasteiger partial charge in [-0.15, -0.1) is 0 Å². The largest absolute Gasteiger partial charge is 0.294 e. The van der Waals surface area contributed by atoms with E-state index in [0.29, 0.717) is 10.6 Å². The van der Waals surface area contributed by atoms with E-state index < -0.39 is 0 Å². The molecule has 0 radical (unpaired) electrons. The molecule has 0 bridgehead atoms. The molecule has 0 aliphatic carbocycles. The Balaban J connectivity index is 2.52. The van der Waals surface area contributed by atoms with Crippen LogP contribution in [0.15, 0.2) is 36.5 Å².